The summed E-state index contributed by atoms with van der Waals surface area (Å²) in [6, 6.07) is 8.05. The summed E-state index contributed by atoms with van der Waals surface area (Å²) in [5, 5.41) is 4.63. The molecule has 1 saturated heterocycles. The summed E-state index contributed by atoms with van der Waals surface area (Å²) in [5.41, 5.74) is 4.54. The van der Waals surface area contributed by atoms with Crippen molar-refractivity contribution in [2.24, 2.45) is 5.92 Å². The molecule has 0 unspecified atom stereocenters. The predicted octanol–water partition coefficient (Wildman–Crippen LogP) is 4.34. The monoisotopic (exact) mass is 371 g/mol. The van der Waals surface area contributed by atoms with E-state index < -0.39 is 0 Å². The third-order valence-corrected chi connectivity index (χ3v) is 6.21. The van der Waals surface area contributed by atoms with Crippen LogP contribution >= 0.6 is 11.8 Å². The van der Waals surface area contributed by atoms with Gasteiger partial charge in [-0.2, -0.15) is 5.10 Å². The molecule has 1 aromatic heterocycles. The molecule has 4 nitrogen and oxygen atoms in total. The molecule has 1 atom stereocenters. The van der Waals surface area contributed by atoms with Crippen LogP contribution in [0.4, 0.5) is 0 Å². The van der Waals surface area contributed by atoms with Gasteiger partial charge in [0.15, 0.2) is 5.78 Å². The molecule has 5 heteroatoms. The molecule has 1 aromatic carbocycles. The molecule has 0 amide bonds. The van der Waals surface area contributed by atoms with Gasteiger partial charge in [0.2, 0.25) is 0 Å². The lowest BCUT2D eigenvalue weighted by Gasteiger charge is -2.32. The molecule has 3 rings (SSSR count). The molecule has 0 bridgehead atoms. The van der Waals surface area contributed by atoms with E-state index in [-0.39, 0.29) is 5.92 Å². The molecule has 0 N–H and O–H groups in total. The van der Waals surface area contributed by atoms with Gasteiger partial charge in [-0.3, -0.25) is 14.4 Å². The minimum atomic E-state index is 0.103. The first kappa shape index (κ1) is 19.2. The third-order valence-electron chi connectivity index (χ3n) is 5.46. The number of Topliss-reactive ketones (excluding diaryl/α,β-unsaturated/α-hetero) is 1. The molecule has 0 spiro atoms. The van der Waals surface area contributed by atoms with Gasteiger partial charge in [0, 0.05) is 47.3 Å². The predicted molar refractivity (Wildman–Crippen MR) is 108 cm³/mol. The molecule has 0 radical (unpaired) electrons. The fourth-order valence-electron chi connectivity index (χ4n) is 3.90. The van der Waals surface area contributed by atoms with Crippen molar-refractivity contribution in [3.8, 4) is 0 Å². The maximum atomic E-state index is 12.9. The first-order valence-corrected chi connectivity index (χ1v) is 10.7. The topological polar surface area (TPSA) is 38.1 Å². The number of carbonyl (C=O) groups excluding carboxylic acids is 1. The number of aromatic nitrogens is 2. The minimum Gasteiger partial charge on any atom is -0.298 e. The van der Waals surface area contributed by atoms with E-state index in [4.69, 9.17) is 0 Å². The number of aryl methyl sites for hydroxylation is 2. The molecule has 1 aliphatic heterocycles. The second-order valence-corrected chi connectivity index (χ2v) is 8.01. The van der Waals surface area contributed by atoms with Crippen molar-refractivity contribution in [1.29, 1.82) is 0 Å². The number of hydrogen-bond donors (Lipinski definition) is 0. The first-order valence-electron chi connectivity index (χ1n) is 9.47. The van der Waals surface area contributed by atoms with Crippen molar-refractivity contribution >= 4 is 17.5 Å². The Balaban J connectivity index is 1.69. The van der Waals surface area contributed by atoms with Gasteiger partial charge < -0.3 is 0 Å². The fourth-order valence-corrected chi connectivity index (χ4v) is 4.31. The number of piperidine rings is 1. The number of thioether (sulfide) groups is 1. The van der Waals surface area contributed by atoms with Crippen LogP contribution in [-0.4, -0.2) is 39.8 Å². The highest BCUT2D eigenvalue weighted by Crippen LogP contribution is 2.25. The van der Waals surface area contributed by atoms with E-state index in [0.29, 0.717) is 5.78 Å². The zero-order chi connectivity index (χ0) is 18.7. The normalized spacial score (nSPS) is 18.2. The van der Waals surface area contributed by atoms with E-state index in [9.17, 15) is 4.79 Å². The minimum absolute atomic E-state index is 0.103. The number of hydrogen-bond acceptors (Lipinski definition) is 4. The van der Waals surface area contributed by atoms with Crippen LogP contribution in [0.2, 0.25) is 0 Å². The lowest BCUT2D eigenvalue weighted by molar-refractivity contribution is 0.0811. The van der Waals surface area contributed by atoms with Crippen molar-refractivity contribution in [2.45, 2.75) is 51.6 Å². The van der Waals surface area contributed by atoms with E-state index in [2.05, 4.69) is 41.7 Å². The number of likely N-dealkylation sites (tertiary alicyclic amines) is 1. The molecule has 1 aliphatic rings. The van der Waals surface area contributed by atoms with Crippen LogP contribution in [0.15, 0.2) is 29.2 Å². The zero-order valence-corrected chi connectivity index (χ0v) is 17.1. The Morgan fingerprint density at radius 2 is 2.00 bits per heavy atom. The molecular formula is C21H29N3OS. The molecule has 0 aliphatic carbocycles. The Kier molecular flexibility index (Phi) is 6.20. The van der Waals surface area contributed by atoms with Crippen molar-refractivity contribution in [2.75, 3.05) is 19.3 Å². The van der Waals surface area contributed by atoms with Gasteiger partial charge in [0.05, 0.1) is 5.69 Å². The number of ketones is 1. The van der Waals surface area contributed by atoms with Crippen LogP contribution in [0.25, 0.3) is 0 Å². The van der Waals surface area contributed by atoms with E-state index in [1.54, 1.807) is 11.8 Å². The Morgan fingerprint density at radius 1 is 1.27 bits per heavy atom. The molecule has 140 valence electrons. The van der Waals surface area contributed by atoms with Gasteiger partial charge >= 0.3 is 0 Å². The standard InChI is InChI=1S/C21H29N3OS/c1-5-24-16(3)20(15(2)22-24)14-23-12-6-7-18(13-23)21(25)17-8-10-19(26-4)11-9-17/h8-11,18H,5-7,12-14H2,1-4H3/t18-/m0/s1. The van der Waals surface area contributed by atoms with Gasteiger partial charge in [-0.15, -0.1) is 11.8 Å². The second-order valence-electron chi connectivity index (χ2n) is 7.13. The second kappa shape index (κ2) is 8.40. The van der Waals surface area contributed by atoms with Crippen LogP contribution in [-0.2, 0) is 13.1 Å². The van der Waals surface area contributed by atoms with Crippen molar-refractivity contribution < 1.29 is 4.79 Å². The SMILES string of the molecule is CCn1nc(C)c(CN2CCC[C@H](C(=O)c3ccc(SC)cc3)C2)c1C. The summed E-state index contributed by atoms with van der Waals surface area (Å²) in [4.78, 5) is 16.6. The molecular weight excluding hydrogens is 342 g/mol. The molecule has 2 aromatic rings. The number of carbonyl (C=O) groups is 1. The van der Waals surface area contributed by atoms with Gasteiger partial charge in [0.25, 0.3) is 0 Å². The van der Waals surface area contributed by atoms with Gasteiger partial charge in [0.1, 0.15) is 0 Å². The quantitative estimate of drug-likeness (QED) is 0.559. The lowest BCUT2D eigenvalue weighted by Crippen LogP contribution is -2.38. The summed E-state index contributed by atoms with van der Waals surface area (Å²) in [5.74, 6) is 0.394. The van der Waals surface area contributed by atoms with Crippen molar-refractivity contribution in [3.63, 3.8) is 0 Å². The average Bonchev–Trinajstić information content (AvgIpc) is 2.95. The summed E-state index contributed by atoms with van der Waals surface area (Å²) < 4.78 is 2.07. The van der Waals surface area contributed by atoms with Gasteiger partial charge in [-0.05, 0) is 58.5 Å². The maximum absolute atomic E-state index is 12.9. The average molecular weight is 372 g/mol. The Bertz CT molecular complexity index is 766. The van der Waals surface area contributed by atoms with Crippen molar-refractivity contribution in [1.82, 2.24) is 14.7 Å². The summed E-state index contributed by atoms with van der Waals surface area (Å²) in [7, 11) is 0. The van der Waals surface area contributed by atoms with E-state index in [0.717, 1.165) is 50.3 Å². The molecule has 0 saturated carbocycles. The smallest absolute Gasteiger partial charge is 0.167 e. The van der Waals surface area contributed by atoms with Crippen LogP contribution in [0, 0.1) is 19.8 Å². The van der Waals surface area contributed by atoms with Crippen LogP contribution in [0.5, 0.6) is 0 Å². The van der Waals surface area contributed by atoms with Gasteiger partial charge in [-0.25, -0.2) is 0 Å². The maximum Gasteiger partial charge on any atom is 0.167 e. The van der Waals surface area contributed by atoms with Crippen LogP contribution in [0.1, 0.15) is 47.1 Å². The van der Waals surface area contributed by atoms with Crippen LogP contribution < -0.4 is 0 Å². The zero-order valence-electron chi connectivity index (χ0n) is 16.3. The molecule has 2 heterocycles. The summed E-state index contributed by atoms with van der Waals surface area (Å²) in [6.07, 6.45) is 4.13. The number of rotatable bonds is 6. The Labute approximate surface area is 161 Å². The summed E-state index contributed by atoms with van der Waals surface area (Å²) >= 11 is 1.71. The van der Waals surface area contributed by atoms with E-state index in [1.165, 1.54) is 16.2 Å². The highest BCUT2D eigenvalue weighted by molar-refractivity contribution is 7.98. The highest BCUT2D eigenvalue weighted by Gasteiger charge is 2.27. The summed E-state index contributed by atoms with van der Waals surface area (Å²) in [6.45, 7) is 10.1. The fraction of sp³-hybridized carbons (Fsp3) is 0.524. The molecule has 26 heavy (non-hydrogen) atoms. The number of benzene rings is 1. The van der Waals surface area contributed by atoms with E-state index in [1.807, 2.05) is 24.3 Å². The Morgan fingerprint density at radius 3 is 2.62 bits per heavy atom. The number of nitrogens with zero attached hydrogens (tertiary/aromatic N) is 3. The van der Waals surface area contributed by atoms with Gasteiger partial charge in [-0.1, -0.05) is 12.1 Å². The van der Waals surface area contributed by atoms with E-state index >= 15 is 0 Å². The highest BCUT2D eigenvalue weighted by atomic mass is 32.2. The third kappa shape index (κ3) is 4.04. The first-order chi connectivity index (χ1) is 12.5. The molecule has 1 fully saturated rings. The largest absolute Gasteiger partial charge is 0.298 e. The van der Waals surface area contributed by atoms with Crippen molar-refractivity contribution in [3.05, 3.63) is 46.8 Å². The van der Waals surface area contributed by atoms with Crippen LogP contribution in [0.3, 0.4) is 0 Å². The lowest BCUT2D eigenvalue weighted by atomic mass is 9.90. The Hall–Kier alpha value is -1.59.